The molecule has 6 heteroatoms. The number of ether oxygens (including phenoxy) is 3. The van der Waals surface area contributed by atoms with Crippen LogP contribution in [0.15, 0.2) is 0 Å². The van der Waals surface area contributed by atoms with E-state index in [1.165, 1.54) is 7.11 Å². The molecule has 0 saturated heterocycles. The molecule has 0 bridgehead atoms. The van der Waals surface area contributed by atoms with Crippen molar-refractivity contribution < 1.29 is 23.8 Å². The van der Waals surface area contributed by atoms with Crippen LogP contribution in [0.4, 0.5) is 4.79 Å². The lowest BCUT2D eigenvalue weighted by Crippen LogP contribution is -2.52. The van der Waals surface area contributed by atoms with Gasteiger partial charge in [-0.2, -0.15) is 0 Å². The molecule has 0 rings (SSSR count). The summed E-state index contributed by atoms with van der Waals surface area (Å²) in [7, 11) is 1.47. The molecule has 100 valence electrons. The van der Waals surface area contributed by atoms with Gasteiger partial charge in [0, 0.05) is 7.11 Å². The van der Waals surface area contributed by atoms with Gasteiger partial charge in [-0.05, 0) is 27.7 Å². The second kappa shape index (κ2) is 6.56. The summed E-state index contributed by atoms with van der Waals surface area (Å²) >= 11 is 0. The average molecular weight is 247 g/mol. The number of hydrogen-bond acceptors (Lipinski definition) is 5. The van der Waals surface area contributed by atoms with Gasteiger partial charge >= 0.3 is 6.09 Å². The minimum atomic E-state index is -1.12. The summed E-state index contributed by atoms with van der Waals surface area (Å²) in [6, 6.07) is 0. The van der Waals surface area contributed by atoms with Crippen molar-refractivity contribution in [2.24, 2.45) is 0 Å². The first-order valence-electron chi connectivity index (χ1n) is 5.26. The Balaban J connectivity index is 4.27. The van der Waals surface area contributed by atoms with Crippen LogP contribution in [0.2, 0.25) is 0 Å². The molecule has 0 aliphatic carbocycles. The Morgan fingerprint density at radius 3 is 2.29 bits per heavy atom. The Kier molecular flexibility index (Phi) is 6.12. The van der Waals surface area contributed by atoms with Crippen LogP contribution in [0.5, 0.6) is 0 Å². The first kappa shape index (κ1) is 15.9. The van der Waals surface area contributed by atoms with Crippen LogP contribution in [0.25, 0.3) is 0 Å². The molecule has 0 aliphatic rings. The molecule has 0 aromatic carbocycles. The molecule has 6 nitrogen and oxygen atoms in total. The number of carbonyl (C=O) groups is 2. The van der Waals surface area contributed by atoms with E-state index in [0.717, 1.165) is 0 Å². The quantitative estimate of drug-likeness (QED) is 0.432. The molecule has 0 fully saturated rings. The molecule has 0 spiro atoms. The maximum Gasteiger partial charge on any atom is 0.408 e. The molecule has 0 saturated carbocycles. The topological polar surface area (TPSA) is 73.9 Å². The number of rotatable bonds is 6. The second-order valence-electron chi connectivity index (χ2n) is 4.92. The van der Waals surface area contributed by atoms with Crippen LogP contribution in [0, 0.1) is 0 Å². The van der Waals surface area contributed by atoms with Crippen molar-refractivity contribution in [3.63, 3.8) is 0 Å². The van der Waals surface area contributed by atoms with Gasteiger partial charge in [0.2, 0.25) is 0 Å². The third kappa shape index (κ3) is 7.70. The van der Waals surface area contributed by atoms with Crippen LogP contribution in [-0.2, 0) is 19.0 Å². The van der Waals surface area contributed by atoms with E-state index in [4.69, 9.17) is 9.47 Å². The van der Waals surface area contributed by atoms with Gasteiger partial charge < -0.3 is 24.3 Å². The van der Waals surface area contributed by atoms with Gasteiger partial charge in [-0.25, -0.2) is 4.79 Å². The first-order chi connectivity index (χ1) is 7.72. The van der Waals surface area contributed by atoms with Crippen molar-refractivity contribution >= 4 is 12.4 Å². The lowest BCUT2D eigenvalue weighted by Gasteiger charge is -2.27. The van der Waals surface area contributed by atoms with Crippen LogP contribution in [0.3, 0.4) is 0 Å². The predicted octanol–water partition coefficient (Wildman–Crippen LogP) is 1.09. The van der Waals surface area contributed by atoms with Crippen molar-refractivity contribution in [1.29, 1.82) is 0 Å². The summed E-state index contributed by atoms with van der Waals surface area (Å²) in [5.74, 6) is 0. The molecule has 0 heterocycles. The fourth-order valence-electron chi connectivity index (χ4n) is 0.973. The standard InChI is InChI=1S/C11H21NO5/c1-10(2,3)17-9(14)12-11(4,6-13)7-16-8-15-5/h6H,7-8H2,1-5H3,(H,12,14)/t11-/m0/s1. The van der Waals surface area contributed by atoms with E-state index in [1.807, 2.05) is 0 Å². The normalized spacial score (nSPS) is 14.9. The number of carbonyl (C=O) groups excluding carboxylic acids is 2. The highest BCUT2D eigenvalue weighted by molar-refractivity contribution is 5.76. The number of alkyl carbamates (subject to hydrolysis) is 1. The van der Waals surface area contributed by atoms with E-state index < -0.39 is 17.2 Å². The molecule has 1 amide bonds. The Bertz CT molecular complexity index is 261. The van der Waals surface area contributed by atoms with Gasteiger partial charge in [0.25, 0.3) is 0 Å². The maximum atomic E-state index is 11.5. The summed E-state index contributed by atoms with van der Waals surface area (Å²) in [6.45, 7) is 6.84. The molecule has 0 unspecified atom stereocenters. The number of aldehydes is 1. The molecule has 0 aliphatic heterocycles. The van der Waals surface area contributed by atoms with Gasteiger partial charge in [-0.3, -0.25) is 0 Å². The van der Waals surface area contributed by atoms with Crippen molar-refractivity contribution in [2.75, 3.05) is 20.5 Å². The molecule has 0 aromatic rings. The zero-order valence-electron chi connectivity index (χ0n) is 11.0. The van der Waals surface area contributed by atoms with Crippen LogP contribution >= 0.6 is 0 Å². The average Bonchev–Trinajstić information content (AvgIpc) is 2.15. The van der Waals surface area contributed by atoms with Crippen molar-refractivity contribution in [1.82, 2.24) is 5.32 Å². The fourth-order valence-corrected chi connectivity index (χ4v) is 0.973. The number of nitrogens with one attached hydrogen (secondary N) is 1. The molecular weight excluding hydrogens is 226 g/mol. The maximum absolute atomic E-state index is 11.5. The zero-order valence-corrected chi connectivity index (χ0v) is 11.0. The third-order valence-electron chi connectivity index (χ3n) is 1.65. The molecular formula is C11H21NO5. The van der Waals surface area contributed by atoms with E-state index in [-0.39, 0.29) is 13.4 Å². The van der Waals surface area contributed by atoms with E-state index in [0.29, 0.717) is 6.29 Å². The Morgan fingerprint density at radius 1 is 1.29 bits per heavy atom. The van der Waals surface area contributed by atoms with Gasteiger partial charge in [-0.15, -0.1) is 0 Å². The Morgan fingerprint density at radius 2 is 1.88 bits per heavy atom. The van der Waals surface area contributed by atoms with Crippen LogP contribution in [0.1, 0.15) is 27.7 Å². The third-order valence-corrected chi connectivity index (χ3v) is 1.65. The van der Waals surface area contributed by atoms with Gasteiger partial charge in [0.1, 0.15) is 24.2 Å². The summed E-state index contributed by atoms with van der Waals surface area (Å²) < 4.78 is 14.8. The molecule has 17 heavy (non-hydrogen) atoms. The van der Waals surface area contributed by atoms with E-state index >= 15 is 0 Å². The van der Waals surface area contributed by atoms with Crippen molar-refractivity contribution in [3.8, 4) is 0 Å². The smallest absolute Gasteiger partial charge is 0.408 e. The highest BCUT2D eigenvalue weighted by Gasteiger charge is 2.28. The number of amides is 1. The van der Waals surface area contributed by atoms with Crippen molar-refractivity contribution in [3.05, 3.63) is 0 Å². The monoisotopic (exact) mass is 247 g/mol. The molecule has 0 aromatic heterocycles. The Labute approximate surface area is 102 Å². The van der Waals surface area contributed by atoms with Crippen LogP contribution < -0.4 is 5.32 Å². The molecule has 1 N–H and O–H groups in total. The fraction of sp³-hybridized carbons (Fsp3) is 0.818. The SMILES string of the molecule is COCOC[C@](C)(C=O)NC(=O)OC(C)(C)C. The predicted molar refractivity (Wildman–Crippen MR) is 61.7 cm³/mol. The first-order valence-corrected chi connectivity index (χ1v) is 5.26. The second-order valence-corrected chi connectivity index (χ2v) is 4.92. The summed E-state index contributed by atoms with van der Waals surface area (Å²) in [6.07, 6.45) is -0.0554. The van der Waals surface area contributed by atoms with Crippen molar-refractivity contribution in [2.45, 2.75) is 38.8 Å². The minimum Gasteiger partial charge on any atom is -0.444 e. The summed E-state index contributed by atoms with van der Waals surface area (Å²) in [5.41, 5.74) is -1.73. The molecule has 0 radical (unpaired) electrons. The van der Waals surface area contributed by atoms with E-state index in [9.17, 15) is 9.59 Å². The summed E-state index contributed by atoms with van der Waals surface area (Å²) in [4.78, 5) is 22.4. The lowest BCUT2D eigenvalue weighted by molar-refractivity contribution is -0.118. The summed E-state index contributed by atoms with van der Waals surface area (Å²) in [5, 5.41) is 2.45. The number of methoxy groups -OCH3 is 1. The highest BCUT2D eigenvalue weighted by atomic mass is 16.7. The van der Waals surface area contributed by atoms with Crippen LogP contribution in [-0.4, -0.2) is 44.0 Å². The largest absolute Gasteiger partial charge is 0.444 e. The highest BCUT2D eigenvalue weighted by Crippen LogP contribution is 2.09. The molecule has 1 atom stereocenters. The van der Waals surface area contributed by atoms with Gasteiger partial charge in [0.05, 0.1) is 6.61 Å². The zero-order chi connectivity index (χ0) is 13.5. The van der Waals surface area contributed by atoms with Gasteiger partial charge in [0.15, 0.2) is 0 Å². The van der Waals surface area contributed by atoms with E-state index in [1.54, 1.807) is 27.7 Å². The van der Waals surface area contributed by atoms with E-state index in [2.05, 4.69) is 10.1 Å². The Hall–Kier alpha value is -1.14. The minimum absolute atomic E-state index is 0.0174. The number of hydrogen-bond donors (Lipinski definition) is 1. The van der Waals surface area contributed by atoms with Gasteiger partial charge in [-0.1, -0.05) is 0 Å². The lowest BCUT2D eigenvalue weighted by atomic mass is 10.1.